The Bertz CT molecular complexity index is 554. The van der Waals surface area contributed by atoms with Gasteiger partial charge in [0.05, 0.1) is 5.02 Å². The van der Waals surface area contributed by atoms with Gasteiger partial charge < -0.3 is 4.90 Å². The van der Waals surface area contributed by atoms with Crippen LogP contribution in [0.25, 0.3) is 0 Å². The zero-order chi connectivity index (χ0) is 13.2. The van der Waals surface area contributed by atoms with Crippen LogP contribution in [0.4, 0.5) is 0 Å². The normalized spacial score (nSPS) is 12.1. The summed E-state index contributed by atoms with van der Waals surface area (Å²) in [5.74, 6) is 0. The molecule has 17 heavy (non-hydrogen) atoms. The molecule has 0 atom stereocenters. The van der Waals surface area contributed by atoms with Gasteiger partial charge in [0.15, 0.2) is 0 Å². The number of aryl methyl sites for hydroxylation is 1. The number of nitrogens with zero attached hydrogens (tertiary/aromatic N) is 2. The van der Waals surface area contributed by atoms with Crippen molar-refractivity contribution in [2.75, 3.05) is 14.1 Å². The molecule has 0 radical (unpaired) electrons. The third-order valence-corrected chi connectivity index (χ3v) is 4.01. The van der Waals surface area contributed by atoms with Crippen molar-refractivity contribution < 1.29 is 8.42 Å². The van der Waals surface area contributed by atoms with Crippen molar-refractivity contribution in [3.8, 4) is 0 Å². The maximum atomic E-state index is 11.9. The molecule has 0 bridgehead atoms. The summed E-state index contributed by atoms with van der Waals surface area (Å²) in [7, 11) is -0.439. The number of hydrogen-bond donors (Lipinski definition) is 0. The Balaban J connectivity index is 3.30. The fourth-order valence-corrected chi connectivity index (χ4v) is 2.77. The summed E-state index contributed by atoms with van der Waals surface area (Å²) in [6, 6.07) is 2.81. The molecule has 94 valence electrons. The molecule has 0 saturated carbocycles. The van der Waals surface area contributed by atoms with Crippen LogP contribution in [0.15, 0.2) is 21.4 Å². The van der Waals surface area contributed by atoms with E-state index in [0.29, 0.717) is 10.6 Å². The van der Waals surface area contributed by atoms with Crippen molar-refractivity contribution >= 4 is 39.6 Å². The van der Waals surface area contributed by atoms with E-state index in [1.807, 2.05) is 0 Å². The van der Waals surface area contributed by atoms with Crippen LogP contribution in [-0.4, -0.2) is 33.8 Å². The molecule has 1 aromatic carbocycles. The van der Waals surface area contributed by atoms with Crippen molar-refractivity contribution in [2.45, 2.75) is 11.8 Å². The molecule has 0 aliphatic carbocycles. The lowest BCUT2D eigenvalue weighted by atomic mass is 10.2. The molecule has 0 heterocycles. The molecule has 0 amide bonds. The molecule has 0 N–H and O–H groups in total. The maximum absolute atomic E-state index is 11.9. The fourth-order valence-electron chi connectivity index (χ4n) is 1.04. The summed E-state index contributed by atoms with van der Waals surface area (Å²) in [6.07, 6.45) is 1.20. The SMILES string of the molecule is Cc1cc(S(=O)(=O)N=CN(C)C)c(Cl)cc1Cl. The van der Waals surface area contributed by atoms with E-state index in [1.54, 1.807) is 21.0 Å². The minimum atomic E-state index is -3.79. The molecule has 7 heteroatoms. The first-order chi connectivity index (χ1) is 7.74. The standard InChI is InChI=1S/C10H12Cl2N2O2S/c1-7-4-10(9(12)5-8(7)11)17(15,16)13-6-14(2)3/h4-6H,1-3H3. The van der Waals surface area contributed by atoms with E-state index in [1.165, 1.54) is 23.4 Å². The van der Waals surface area contributed by atoms with Crippen molar-refractivity contribution in [2.24, 2.45) is 4.40 Å². The molecule has 0 unspecified atom stereocenters. The van der Waals surface area contributed by atoms with Gasteiger partial charge in [-0.1, -0.05) is 23.2 Å². The van der Waals surface area contributed by atoms with E-state index >= 15 is 0 Å². The third-order valence-electron chi connectivity index (χ3n) is 1.91. The summed E-state index contributed by atoms with van der Waals surface area (Å²) in [5.41, 5.74) is 0.634. The van der Waals surface area contributed by atoms with Gasteiger partial charge in [0.2, 0.25) is 0 Å². The largest absolute Gasteiger partial charge is 0.368 e. The highest BCUT2D eigenvalue weighted by atomic mass is 35.5. The van der Waals surface area contributed by atoms with Crippen LogP contribution in [0.1, 0.15) is 5.56 Å². The minimum Gasteiger partial charge on any atom is -0.368 e. The zero-order valence-electron chi connectivity index (χ0n) is 9.61. The van der Waals surface area contributed by atoms with Gasteiger partial charge >= 0.3 is 0 Å². The highest BCUT2D eigenvalue weighted by Crippen LogP contribution is 2.29. The molecule has 0 fully saturated rings. The fraction of sp³-hybridized carbons (Fsp3) is 0.300. The van der Waals surface area contributed by atoms with Crippen LogP contribution in [0, 0.1) is 6.92 Å². The zero-order valence-corrected chi connectivity index (χ0v) is 11.9. The Morgan fingerprint density at radius 1 is 1.24 bits per heavy atom. The second-order valence-electron chi connectivity index (χ2n) is 3.69. The third kappa shape index (κ3) is 3.59. The van der Waals surface area contributed by atoms with Gasteiger partial charge in [-0.2, -0.15) is 8.42 Å². The Labute approximate surface area is 111 Å². The first-order valence-electron chi connectivity index (χ1n) is 4.66. The average molecular weight is 295 g/mol. The monoisotopic (exact) mass is 294 g/mol. The van der Waals surface area contributed by atoms with Gasteiger partial charge in [0, 0.05) is 19.1 Å². The summed E-state index contributed by atoms with van der Waals surface area (Å²) in [4.78, 5) is 1.48. The van der Waals surface area contributed by atoms with Crippen molar-refractivity contribution in [3.63, 3.8) is 0 Å². The second-order valence-corrected chi connectivity index (χ2v) is 6.11. The molecule has 0 aliphatic heterocycles. The summed E-state index contributed by atoms with van der Waals surface area (Å²) < 4.78 is 27.2. The van der Waals surface area contributed by atoms with Gasteiger partial charge in [0.25, 0.3) is 10.0 Å². The van der Waals surface area contributed by atoms with Crippen molar-refractivity contribution in [3.05, 3.63) is 27.7 Å². The first-order valence-corrected chi connectivity index (χ1v) is 6.86. The van der Waals surface area contributed by atoms with Crippen LogP contribution >= 0.6 is 23.2 Å². The summed E-state index contributed by atoms with van der Waals surface area (Å²) >= 11 is 11.7. The molecule has 4 nitrogen and oxygen atoms in total. The van der Waals surface area contributed by atoms with Crippen LogP contribution in [0.5, 0.6) is 0 Å². The summed E-state index contributed by atoms with van der Waals surface area (Å²) in [6.45, 7) is 1.70. The van der Waals surface area contributed by atoms with Gasteiger partial charge in [0.1, 0.15) is 11.2 Å². The predicted molar refractivity (Wildman–Crippen MR) is 70.6 cm³/mol. The molecule has 1 aromatic rings. The van der Waals surface area contributed by atoms with E-state index in [2.05, 4.69) is 4.40 Å². The van der Waals surface area contributed by atoms with E-state index in [4.69, 9.17) is 23.2 Å². The number of benzene rings is 1. The number of rotatable bonds is 3. The Kier molecular flexibility index (Phi) is 4.41. The van der Waals surface area contributed by atoms with Gasteiger partial charge in [-0.05, 0) is 24.6 Å². The van der Waals surface area contributed by atoms with Crippen LogP contribution in [-0.2, 0) is 10.0 Å². The number of halogens is 2. The molecule has 0 saturated heterocycles. The number of sulfonamides is 1. The second kappa shape index (κ2) is 5.25. The molecule has 0 spiro atoms. The first kappa shape index (κ1) is 14.3. The number of hydrogen-bond acceptors (Lipinski definition) is 2. The topological polar surface area (TPSA) is 49.7 Å². The maximum Gasteiger partial charge on any atom is 0.285 e. The van der Waals surface area contributed by atoms with E-state index < -0.39 is 10.0 Å². The lowest BCUT2D eigenvalue weighted by Gasteiger charge is -2.06. The van der Waals surface area contributed by atoms with E-state index in [9.17, 15) is 8.42 Å². The molecule has 0 aromatic heterocycles. The minimum absolute atomic E-state index is 0.0424. The highest BCUT2D eigenvalue weighted by Gasteiger charge is 2.18. The molecular formula is C10H12Cl2N2O2S. The van der Waals surface area contributed by atoms with Gasteiger partial charge in [-0.15, -0.1) is 4.40 Å². The Morgan fingerprint density at radius 3 is 2.35 bits per heavy atom. The van der Waals surface area contributed by atoms with Crippen molar-refractivity contribution in [1.29, 1.82) is 0 Å². The quantitative estimate of drug-likeness (QED) is 0.636. The average Bonchev–Trinajstić information content (AvgIpc) is 2.20. The molecular weight excluding hydrogens is 283 g/mol. The highest BCUT2D eigenvalue weighted by molar-refractivity contribution is 7.90. The lowest BCUT2D eigenvalue weighted by Crippen LogP contribution is -2.10. The van der Waals surface area contributed by atoms with Crippen LogP contribution in [0.3, 0.4) is 0 Å². The smallest absolute Gasteiger partial charge is 0.285 e. The Hall–Kier alpha value is -0.780. The van der Waals surface area contributed by atoms with Crippen molar-refractivity contribution in [1.82, 2.24) is 4.90 Å². The molecule has 1 rings (SSSR count). The van der Waals surface area contributed by atoms with Gasteiger partial charge in [-0.3, -0.25) is 0 Å². The van der Waals surface area contributed by atoms with Crippen LogP contribution in [0.2, 0.25) is 10.0 Å². The predicted octanol–water partition coefficient (Wildman–Crippen LogP) is 2.58. The molecule has 0 aliphatic rings. The lowest BCUT2D eigenvalue weighted by molar-refractivity contribution is 0.595. The van der Waals surface area contributed by atoms with Gasteiger partial charge in [-0.25, -0.2) is 0 Å². The van der Waals surface area contributed by atoms with E-state index in [-0.39, 0.29) is 9.92 Å². The summed E-state index contributed by atoms with van der Waals surface area (Å²) in [5, 5.41) is 0.488. The van der Waals surface area contributed by atoms with E-state index in [0.717, 1.165) is 0 Å². The van der Waals surface area contributed by atoms with Crippen LogP contribution < -0.4 is 0 Å². The Morgan fingerprint density at radius 2 is 1.82 bits per heavy atom.